The summed E-state index contributed by atoms with van der Waals surface area (Å²) < 4.78 is 1.65. The highest BCUT2D eigenvalue weighted by atomic mass is 35.5. The Morgan fingerprint density at radius 2 is 1.65 bits per heavy atom. The van der Waals surface area contributed by atoms with Gasteiger partial charge >= 0.3 is 0 Å². The van der Waals surface area contributed by atoms with Crippen LogP contribution in [0.5, 0.6) is 0 Å². The van der Waals surface area contributed by atoms with E-state index in [-0.39, 0.29) is 17.4 Å². The minimum Gasteiger partial charge on any atom is -0.338 e. The van der Waals surface area contributed by atoms with Gasteiger partial charge in [0, 0.05) is 27.6 Å². The van der Waals surface area contributed by atoms with Crippen molar-refractivity contribution in [3.8, 4) is 16.9 Å². The van der Waals surface area contributed by atoms with Crippen molar-refractivity contribution in [2.75, 3.05) is 0 Å². The van der Waals surface area contributed by atoms with E-state index in [9.17, 15) is 9.59 Å². The van der Waals surface area contributed by atoms with Gasteiger partial charge in [-0.2, -0.15) is 5.10 Å². The Morgan fingerprint density at radius 3 is 2.26 bits per heavy atom. The van der Waals surface area contributed by atoms with Gasteiger partial charge in [-0.3, -0.25) is 9.59 Å². The van der Waals surface area contributed by atoms with Crippen molar-refractivity contribution in [3.05, 3.63) is 68.8 Å². The number of amides is 1. The van der Waals surface area contributed by atoms with Gasteiger partial charge in [0.05, 0.1) is 21.9 Å². The first kappa shape index (κ1) is 24.8. The quantitative estimate of drug-likeness (QED) is 0.375. The second-order valence-electron chi connectivity index (χ2n) is 8.71. The van der Waals surface area contributed by atoms with Crippen LogP contribution in [0, 0.1) is 6.92 Å². The predicted molar refractivity (Wildman–Crippen MR) is 137 cm³/mol. The summed E-state index contributed by atoms with van der Waals surface area (Å²) in [6, 6.07) is 12.4. The van der Waals surface area contributed by atoms with Gasteiger partial charge in [-0.15, -0.1) is 0 Å². The number of benzene rings is 2. The summed E-state index contributed by atoms with van der Waals surface area (Å²) in [5, 5.41) is 9.27. The molecule has 5 nitrogen and oxygen atoms in total. The Morgan fingerprint density at radius 1 is 1.00 bits per heavy atom. The SMILES string of the molecule is CCC(=O)C1(NC(=O)c2nn(-c3ccc(Cl)cc3Cl)c(-c3ccc(Cl)cc3)c2C)CCCCC1. The number of rotatable bonds is 6. The monoisotopic (exact) mass is 517 g/mol. The molecule has 34 heavy (non-hydrogen) atoms. The molecule has 0 saturated heterocycles. The van der Waals surface area contributed by atoms with E-state index in [0.717, 1.165) is 24.8 Å². The van der Waals surface area contributed by atoms with Gasteiger partial charge < -0.3 is 5.32 Å². The number of carbonyl (C=O) groups excluding carboxylic acids is 2. The topological polar surface area (TPSA) is 64.0 Å². The molecule has 3 aromatic rings. The van der Waals surface area contributed by atoms with E-state index < -0.39 is 5.54 Å². The standard InChI is InChI=1S/C26H26Cl3N3O2/c1-3-22(33)26(13-5-4-6-14-26)30-25(34)23-16(2)24(17-7-9-18(27)10-8-17)32(31-23)21-12-11-19(28)15-20(21)29/h7-12,15H,3-6,13-14H2,1-2H3,(H,30,34). The number of nitrogens with zero attached hydrogens (tertiary/aromatic N) is 2. The Kier molecular flexibility index (Phi) is 7.36. The summed E-state index contributed by atoms with van der Waals surface area (Å²) in [6.07, 6.45) is 4.57. The molecule has 4 rings (SSSR count). The van der Waals surface area contributed by atoms with Crippen molar-refractivity contribution in [1.29, 1.82) is 0 Å². The maximum Gasteiger partial charge on any atom is 0.272 e. The highest BCUT2D eigenvalue weighted by Crippen LogP contribution is 2.35. The molecule has 1 N–H and O–H groups in total. The van der Waals surface area contributed by atoms with Gasteiger partial charge in [-0.25, -0.2) is 4.68 Å². The first-order valence-electron chi connectivity index (χ1n) is 11.4. The molecule has 0 spiro atoms. The van der Waals surface area contributed by atoms with Crippen LogP contribution >= 0.6 is 34.8 Å². The van der Waals surface area contributed by atoms with Gasteiger partial charge in [0.15, 0.2) is 11.5 Å². The van der Waals surface area contributed by atoms with Gasteiger partial charge in [0.2, 0.25) is 0 Å². The van der Waals surface area contributed by atoms with E-state index in [1.807, 2.05) is 26.0 Å². The van der Waals surface area contributed by atoms with Gasteiger partial charge in [0.25, 0.3) is 5.91 Å². The van der Waals surface area contributed by atoms with Gasteiger partial charge in [0.1, 0.15) is 0 Å². The molecular weight excluding hydrogens is 493 g/mol. The lowest BCUT2D eigenvalue weighted by Gasteiger charge is -2.36. The Balaban J connectivity index is 1.83. The zero-order valence-corrected chi connectivity index (χ0v) is 21.4. The van der Waals surface area contributed by atoms with Crippen molar-refractivity contribution in [3.63, 3.8) is 0 Å². The minimum atomic E-state index is -0.835. The molecule has 178 valence electrons. The molecule has 0 radical (unpaired) electrons. The maximum absolute atomic E-state index is 13.6. The molecule has 1 heterocycles. The average Bonchev–Trinajstić information content (AvgIpc) is 3.16. The van der Waals surface area contributed by atoms with Crippen LogP contribution in [-0.4, -0.2) is 27.0 Å². The summed E-state index contributed by atoms with van der Waals surface area (Å²) in [5.41, 5.74) is 2.24. The normalized spacial score (nSPS) is 15.2. The fraction of sp³-hybridized carbons (Fsp3) is 0.346. The molecule has 1 saturated carbocycles. The van der Waals surface area contributed by atoms with Crippen LogP contribution in [0.2, 0.25) is 15.1 Å². The first-order valence-corrected chi connectivity index (χ1v) is 12.6. The van der Waals surface area contributed by atoms with E-state index in [0.29, 0.717) is 51.3 Å². The molecule has 2 aromatic carbocycles. The van der Waals surface area contributed by atoms with Crippen molar-refractivity contribution in [2.24, 2.45) is 0 Å². The second kappa shape index (κ2) is 10.1. The van der Waals surface area contributed by atoms with Gasteiger partial charge in [-0.1, -0.05) is 73.1 Å². The highest BCUT2D eigenvalue weighted by molar-refractivity contribution is 6.35. The fourth-order valence-electron chi connectivity index (χ4n) is 4.73. The van der Waals surface area contributed by atoms with Gasteiger partial charge in [-0.05, 0) is 50.1 Å². The van der Waals surface area contributed by atoms with E-state index in [1.54, 1.807) is 35.0 Å². The average molecular weight is 519 g/mol. The molecule has 1 aliphatic carbocycles. The van der Waals surface area contributed by atoms with E-state index in [4.69, 9.17) is 34.8 Å². The lowest BCUT2D eigenvalue weighted by atomic mass is 9.77. The Labute approximate surface area is 214 Å². The lowest BCUT2D eigenvalue weighted by molar-refractivity contribution is -0.126. The maximum atomic E-state index is 13.6. The molecule has 1 aliphatic rings. The third kappa shape index (κ3) is 4.74. The number of hydrogen-bond donors (Lipinski definition) is 1. The Bertz CT molecular complexity index is 1230. The zero-order valence-electron chi connectivity index (χ0n) is 19.1. The lowest BCUT2D eigenvalue weighted by Crippen LogP contribution is -2.55. The second-order valence-corrected chi connectivity index (χ2v) is 9.99. The minimum absolute atomic E-state index is 0.0660. The number of nitrogens with one attached hydrogen (secondary N) is 1. The van der Waals surface area contributed by atoms with Crippen LogP contribution in [0.1, 0.15) is 61.5 Å². The summed E-state index contributed by atoms with van der Waals surface area (Å²) >= 11 is 18.7. The number of Topliss-reactive ketones (excluding diaryl/α,β-unsaturated/α-hetero) is 1. The van der Waals surface area contributed by atoms with Crippen LogP contribution < -0.4 is 5.32 Å². The summed E-state index contributed by atoms with van der Waals surface area (Å²) in [7, 11) is 0. The molecular formula is C26H26Cl3N3O2. The molecule has 0 atom stereocenters. The zero-order chi connectivity index (χ0) is 24.5. The summed E-state index contributed by atoms with van der Waals surface area (Å²) in [5.74, 6) is -0.295. The highest BCUT2D eigenvalue weighted by Gasteiger charge is 2.40. The van der Waals surface area contributed by atoms with Crippen LogP contribution in [-0.2, 0) is 4.79 Å². The number of halogens is 3. The van der Waals surface area contributed by atoms with Crippen LogP contribution in [0.3, 0.4) is 0 Å². The summed E-state index contributed by atoms with van der Waals surface area (Å²) in [4.78, 5) is 26.4. The van der Waals surface area contributed by atoms with Crippen molar-refractivity contribution < 1.29 is 9.59 Å². The largest absolute Gasteiger partial charge is 0.338 e. The number of hydrogen-bond acceptors (Lipinski definition) is 3. The third-order valence-electron chi connectivity index (χ3n) is 6.51. The third-order valence-corrected chi connectivity index (χ3v) is 7.30. The first-order chi connectivity index (χ1) is 16.3. The van der Waals surface area contributed by atoms with E-state index in [1.165, 1.54) is 0 Å². The van der Waals surface area contributed by atoms with E-state index in [2.05, 4.69) is 10.4 Å². The molecule has 1 fully saturated rings. The Hall–Kier alpha value is -2.34. The van der Waals surface area contributed by atoms with Crippen LogP contribution in [0.15, 0.2) is 42.5 Å². The number of carbonyl (C=O) groups is 2. The van der Waals surface area contributed by atoms with Crippen molar-refractivity contribution in [1.82, 2.24) is 15.1 Å². The number of aromatic nitrogens is 2. The summed E-state index contributed by atoms with van der Waals surface area (Å²) in [6.45, 7) is 3.69. The van der Waals surface area contributed by atoms with E-state index >= 15 is 0 Å². The molecule has 1 amide bonds. The molecule has 1 aromatic heterocycles. The smallest absolute Gasteiger partial charge is 0.272 e. The van der Waals surface area contributed by atoms with Crippen LogP contribution in [0.25, 0.3) is 16.9 Å². The van der Waals surface area contributed by atoms with Crippen molar-refractivity contribution >= 4 is 46.5 Å². The molecule has 0 aliphatic heterocycles. The molecule has 0 unspecified atom stereocenters. The van der Waals surface area contributed by atoms with Crippen molar-refractivity contribution in [2.45, 2.75) is 57.9 Å². The molecule has 0 bridgehead atoms. The molecule has 8 heteroatoms. The fourth-order valence-corrected chi connectivity index (χ4v) is 5.34. The van der Waals surface area contributed by atoms with Crippen LogP contribution in [0.4, 0.5) is 0 Å². The number of ketones is 1. The predicted octanol–water partition coefficient (Wildman–Crippen LogP) is 7.22.